The van der Waals surface area contributed by atoms with Gasteiger partial charge >= 0.3 is 0 Å². The number of aryl methyl sites for hydroxylation is 3. The van der Waals surface area contributed by atoms with Crippen molar-refractivity contribution in [2.75, 3.05) is 0 Å². The molecular weight excluding hydrogens is 268 g/mol. The van der Waals surface area contributed by atoms with Crippen molar-refractivity contribution in [3.63, 3.8) is 0 Å². The molecule has 0 heterocycles. The number of rotatable bonds is 7. The smallest absolute Gasteiger partial charge is 0.0859 e. The Hall–Kier alpha value is -1.96. The summed E-state index contributed by atoms with van der Waals surface area (Å²) in [6.45, 7) is 6.49. The molecule has 0 saturated carbocycles. The Morgan fingerprint density at radius 2 is 1.45 bits per heavy atom. The van der Waals surface area contributed by atoms with Crippen LogP contribution in [-0.4, -0.2) is 0 Å². The zero-order valence-corrected chi connectivity index (χ0v) is 14.0. The summed E-state index contributed by atoms with van der Waals surface area (Å²) in [5, 5.41) is 8.64. The van der Waals surface area contributed by atoms with E-state index in [1.807, 2.05) is 12.1 Å². The summed E-state index contributed by atoms with van der Waals surface area (Å²) in [6.07, 6.45) is 6.39. The Morgan fingerprint density at radius 1 is 0.773 bits per heavy atom. The first-order valence-electron chi connectivity index (χ1n) is 8.27. The van der Waals surface area contributed by atoms with Gasteiger partial charge < -0.3 is 0 Å². The molecule has 0 bridgehead atoms. The summed E-state index contributed by atoms with van der Waals surface area (Å²) in [6, 6.07) is 14.5. The molecular formula is C20H26N2. The van der Waals surface area contributed by atoms with Crippen molar-refractivity contribution < 1.29 is 0 Å². The van der Waals surface area contributed by atoms with E-state index < -0.39 is 0 Å². The minimum Gasteiger partial charge on any atom is -0.151 e. The molecule has 0 aliphatic carbocycles. The number of hydrogen-bond acceptors (Lipinski definition) is 2. The van der Waals surface area contributed by atoms with Crippen molar-refractivity contribution in [2.24, 2.45) is 10.2 Å². The van der Waals surface area contributed by atoms with E-state index in [4.69, 9.17) is 0 Å². The van der Waals surface area contributed by atoms with E-state index in [-0.39, 0.29) is 0 Å². The second-order valence-corrected chi connectivity index (χ2v) is 5.96. The third-order valence-electron chi connectivity index (χ3n) is 3.94. The summed E-state index contributed by atoms with van der Waals surface area (Å²) in [5.41, 5.74) is 5.81. The van der Waals surface area contributed by atoms with Gasteiger partial charge in [-0.2, -0.15) is 10.2 Å². The third kappa shape index (κ3) is 5.10. The van der Waals surface area contributed by atoms with Crippen LogP contribution >= 0.6 is 0 Å². The van der Waals surface area contributed by atoms with Crippen LogP contribution in [0.2, 0.25) is 0 Å². The molecule has 22 heavy (non-hydrogen) atoms. The highest BCUT2D eigenvalue weighted by molar-refractivity contribution is 5.45. The highest BCUT2D eigenvalue weighted by atomic mass is 15.1. The first-order valence-corrected chi connectivity index (χ1v) is 8.27. The molecule has 2 aromatic rings. The van der Waals surface area contributed by atoms with Crippen LogP contribution in [0.5, 0.6) is 0 Å². The van der Waals surface area contributed by atoms with E-state index in [1.54, 1.807) is 0 Å². The average Bonchev–Trinajstić information content (AvgIpc) is 2.52. The van der Waals surface area contributed by atoms with Crippen molar-refractivity contribution in [3.8, 4) is 0 Å². The van der Waals surface area contributed by atoms with Gasteiger partial charge in [0, 0.05) is 0 Å². The van der Waals surface area contributed by atoms with Gasteiger partial charge in [-0.25, -0.2) is 0 Å². The highest BCUT2D eigenvalue weighted by Gasteiger charge is 2.00. The Morgan fingerprint density at radius 3 is 2.14 bits per heavy atom. The van der Waals surface area contributed by atoms with E-state index in [9.17, 15) is 0 Å². The molecule has 0 unspecified atom stereocenters. The molecule has 0 N–H and O–H groups in total. The monoisotopic (exact) mass is 294 g/mol. The van der Waals surface area contributed by atoms with Crippen molar-refractivity contribution >= 4 is 11.4 Å². The van der Waals surface area contributed by atoms with Crippen molar-refractivity contribution in [2.45, 2.75) is 52.9 Å². The predicted octanol–water partition coefficient (Wildman–Crippen LogP) is 6.84. The van der Waals surface area contributed by atoms with E-state index in [2.05, 4.69) is 61.3 Å². The van der Waals surface area contributed by atoms with Gasteiger partial charge in [0.25, 0.3) is 0 Å². The summed E-state index contributed by atoms with van der Waals surface area (Å²) >= 11 is 0. The lowest BCUT2D eigenvalue weighted by Crippen LogP contribution is -1.89. The normalized spacial score (nSPS) is 11.2. The summed E-state index contributed by atoms with van der Waals surface area (Å²) < 4.78 is 0. The number of unbranched alkanes of at least 4 members (excludes halogenated alkanes) is 3. The second-order valence-electron chi connectivity index (χ2n) is 5.96. The van der Waals surface area contributed by atoms with Crippen LogP contribution in [0.3, 0.4) is 0 Å². The summed E-state index contributed by atoms with van der Waals surface area (Å²) in [4.78, 5) is 0. The van der Waals surface area contributed by atoms with Gasteiger partial charge in [-0.3, -0.25) is 0 Å². The molecule has 0 fully saturated rings. The van der Waals surface area contributed by atoms with E-state index in [0.29, 0.717) is 0 Å². The van der Waals surface area contributed by atoms with Gasteiger partial charge in [-0.05, 0) is 62.1 Å². The number of azo groups is 1. The van der Waals surface area contributed by atoms with Crippen molar-refractivity contribution in [1.82, 2.24) is 0 Å². The molecule has 0 aromatic heterocycles. The fraction of sp³-hybridized carbons (Fsp3) is 0.400. The predicted molar refractivity (Wildman–Crippen MR) is 94.4 cm³/mol. The molecule has 116 valence electrons. The van der Waals surface area contributed by atoms with Crippen LogP contribution in [0.15, 0.2) is 52.7 Å². The molecule has 0 saturated heterocycles. The highest BCUT2D eigenvalue weighted by Crippen LogP contribution is 2.22. The van der Waals surface area contributed by atoms with Gasteiger partial charge in [-0.1, -0.05) is 49.9 Å². The largest absolute Gasteiger partial charge is 0.151 e. The van der Waals surface area contributed by atoms with Crippen LogP contribution in [0.25, 0.3) is 0 Å². The standard InChI is InChI=1S/C20H26N2/c1-4-5-6-7-8-18-11-14-20(15-17(18)3)22-21-19-12-9-16(2)10-13-19/h9-15H,4-8H2,1-3H3. The number of benzene rings is 2. The Labute approximate surface area is 134 Å². The maximum Gasteiger partial charge on any atom is 0.0859 e. The second kappa shape index (κ2) is 8.47. The van der Waals surface area contributed by atoms with Crippen LogP contribution in [0, 0.1) is 13.8 Å². The van der Waals surface area contributed by atoms with Gasteiger partial charge in [0.1, 0.15) is 0 Å². The van der Waals surface area contributed by atoms with Gasteiger partial charge in [0.15, 0.2) is 0 Å². The fourth-order valence-electron chi connectivity index (χ4n) is 2.49. The molecule has 0 aliphatic rings. The van der Waals surface area contributed by atoms with Crippen molar-refractivity contribution in [3.05, 3.63) is 59.2 Å². The van der Waals surface area contributed by atoms with Crippen LogP contribution in [-0.2, 0) is 6.42 Å². The number of hydrogen-bond donors (Lipinski definition) is 0. The molecule has 0 aliphatic heterocycles. The zero-order chi connectivity index (χ0) is 15.8. The first kappa shape index (κ1) is 16.4. The lowest BCUT2D eigenvalue weighted by Gasteiger charge is -2.06. The molecule has 0 spiro atoms. The maximum atomic E-state index is 4.34. The minimum absolute atomic E-state index is 0.895. The quantitative estimate of drug-likeness (QED) is 0.394. The maximum absolute atomic E-state index is 4.34. The molecule has 0 amide bonds. The zero-order valence-electron chi connectivity index (χ0n) is 14.0. The first-order chi connectivity index (χ1) is 10.7. The molecule has 2 nitrogen and oxygen atoms in total. The fourth-order valence-corrected chi connectivity index (χ4v) is 2.49. The van der Waals surface area contributed by atoms with Gasteiger partial charge in [-0.15, -0.1) is 0 Å². The molecule has 0 atom stereocenters. The Balaban J connectivity index is 1.98. The van der Waals surface area contributed by atoms with E-state index in [1.165, 1.54) is 48.8 Å². The minimum atomic E-state index is 0.895. The van der Waals surface area contributed by atoms with E-state index in [0.717, 1.165) is 11.4 Å². The lowest BCUT2D eigenvalue weighted by molar-refractivity contribution is 0.665. The van der Waals surface area contributed by atoms with E-state index >= 15 is 0 Å². The molecule has 2 rings (SSSR count). The van der Waals surface area contributed by atoms with Crippen LogP contribution in [0.4, 0.5) is 11.4 Å². The Bertz CT molecular complexity index is 612. The summed E-state index contributed by atoms with van der Waals surface area (Å²) in [5.74, 6) is 0. The Kier molecular flexibility index (Phi) is 6.32. The molecule has 0 radical (unpaired) electrons. The number of nitrogens with zero attached hydrogens (tertiary/aromatic N) is 2. The third-order valence-corrected chi connectivity index (χ3v) is 3.94. The molecule has 2 heteroatoms. The van der Waals surface area contributed by atoms with Crippen LogP contribution < -0.4 is 0 Å². The SMILES string of the molecule is CCCCCCc1ccc(N=Nc2ccc(C)cc2)cc1C. The lowest BCUT2D eigenvalue weighted by atomic mass is 10.0. The van der Waals surface area contributed by atoms with Crippen molar-refractivity contribution in [1.29, 1.82) is 0 Å². The van der Waals surface area contributed by atoms with Gasteiger partial charge in [0.05, 0.1) is 11.4 Å². The topological polar surface area (TPSA) is 24.7 Å². The summed E-state index contributed by atoms with van der Waals surface area (Å²) in [7, 11) is 0. The average molecular weight is 294 g/mol. The van der Waals surface area contributed by atoms with Gasteiger partial charge in [0.2, 0.25) is 0 Å². The molecule has 2 aromatic carbocycles. The van der Waals surface area contributed by atoms with Crippen LogP contribution in [0.1, 0.15) is 49.3 Å².